The average Bonchev–Trinajstić information content (AvgIpc) is 2.85. The fraction of sp³-hybridized carbons (Fsp3) is 0.231. The lowest BCUT2D eigenvalue weighted by molar-refractivity contribution is 0.101. The van der Waals surface area contributed by atoms with Gasteiger partial charge in [-0.05, 0) is 54.4 Å². The van der Waals surface area contributed by atoms with Crippen LogP contribution >= 0.6 is 0 Å². The smallest absolute Gasteiger partial charge is 0.324 e. The van der Waals surface area contributed by atoms with Gasteiger partial charge in [0.2, 0.25) is 0 Å². The summed E-state index contributed by atoms with van der Waals surface area (Å²) in [5.74, 6) is -1.69. The number of amides is 3. The van der Waals surface area contributed by atoms with Gasteiger partial charge in [-0.3, -0.25) is 9.69 Å². The Bertz CT molecular complexity index is 1210. The number of hydrogen-bond acceptors (Lipinski definition) is 4. The van der Waals surface area contributed by atoms with Crippen LogP contribution < -0.4 is 19.7 Å². The maximum Gasteiger partial charge on any atom is 0.324 e. The van der Waals surface area contributed by atoms with Crippen LogP contribution in [0.3, 0.4) is 0 Å². The molecule has 1 fully saturated rings. The van der Waals surface area contributed by atoms with Crippen LogP contribution in [0.2, 0.25) is 0 Å². The fourth-order valence-electron chi connectivity index (χ4n) is 3.99. The molecule has 0 unspecified atom stereocenters. The number of halogens is 2. The lowest BCUT2D eigenvalue weighted by Crippen LogP contribution is -2.49. The molecule has 0 aliphatic carbocycles. The molecule has 7 nitrogen and oxygen atoms in total. The molecule has 9 heteroatoms. The van der Waals surface area contributed by atoms with Gasteiger partial charge in [0.1, 0.15) is 28.7 Å². The van der Waals surface area contributed by atoms with Crippen LogP contribution in [0, 0.1) is 11.6 Å². The molecule has 0 radical (unpaired) electrons. The number of nitrogens with one attached hydrogen (secondary N) is 1. The standard InChI is InChI=1S/C26H25F2N3O4/c1-34-19-10-7-17(8-11-19)16-30-13-4-14-31(26(30)33)22-15-18(9-12-23(22)35-2)29-25(32)24-20(27)5-3-6-21(24)28/h3,5-12,15H,4,13-14,16H2,1-2H3,(H,29,32). The summed E-state index contributed by atoms with van der Waals surface area (Å²) in [4.78, 5) is 29.2. The zero-order valence-corrected chi connectivity index (χ0v) is 19.4. The summed E-state index contributed by atoms with van der Waals surface area (Å²) >= 11 is 0. The number of carbonyl (C=O) groups excluding carboxylic acids is 2. The summed E-state index contributed by atoms with van der Waals surface area (Å²) in [5, 5.41) is 2.51. The molecule has 4 rings (SSSR count). The zero-order chi connectivity index (χ0) is 24.9. The third-order valence-corrected chi connectivity index (χ3v) is 5.76. The van der Waals surface area contributed by atoms with E-state index in [2.05, 4.69) is 5.32 Å². The first-order chi connectivity index (χ1) is 16.9. The van der Waals surface area contributed by atoms with Gasteiger partial charge in [-0.1, -0.05) is 18.2 Å². The quantitative estimate of drug-likeness (QED) is 0.512. The van der Waals surface area contributed by atoms with Crippen molar-refractivity contribution < 1.29 is 27.8 Å². The van der Waals surface area contributed by atoms with E-state index in [9.17, 15) is 18.4 Å². The average molecular weight is 481 g/mol. The van der Waals surface area contributed by atoms with Crippen LogP contribution in [0.4, 0.5) is 25.0 Å². The van der Waals surface area contributed by atoms with Crippen LogP contribution in [0.25, 0.3) is 0 Å². The van der Waals surface area contributed by atoms with Crippen LogP contribution in [0.1, 0.15) is 22.3 Å². The van der Waals surface area contributed by atoms with Gasteiger partial charge >= 0.3 is 6.03 Å². The highest BCUT2D eigenvalue weighted by molar-refractivity contribution is 6.05. The number of benzene rings is 3. The van der Waals surface area contributed by atoms with Gasteiger partial charge in [-0.25, -0.2) is 13.6 Å². The van der Waals surface area contributed by atoms with E-state index in [-0.39, 0.29) is 11.7 Å². The van der Waals surface area contributed by atoms with E-state index in [1.54, 1.807) is 35.1 Å². The van der Waals surface area contributed by atoms with Crippen LogP contribution in [-0.4, -0.2) is 44.1 Å². The molecule has 3 aromatic carbocycles. The number of rotatable bonds is 7. The van der Waals surface area contributed by atoms with Crippen LogP contribution in [-0.2, 0) is 6.54 Å². The molecule has 1 aliphatic rings. The molecule has 3 amide bonds. The Morgan fingerprint density at radius 1 is 0.971 bits per heavy atom. The Labute approximate surface area is 201 Å². The van der Waals surface area contributed by atoms with E-state index in [1.165, 1.54) is 13.2 Å². The summed E-state index contributed by atoms with van der Waals surface area (Å²) in [7, 11) is 3.08. The Hall–Kier alpha value is -4.14. The van der Waals surface area contributed by atoms with Crippen LogP contribution in [0.15, 0.2) is 60.7 Å². The second kappa shape index (κ2) is 10.4. The van der Waals surface area contributed by atoms with Crippen molar-refractivity contribution in [3.05, 3.63) is 83.4 Å². The lowest BCUT2D eigenvalue weighted by Gasteiger charge is -2.36. The molecule has 1 aliphatic heterocycles. The normalized spacial score (nSPS) is 13.5. The maximum absolute atomic E-state index is 14.0. The second-order valence-electron chi connectivity index (χ2n) is 7.99. The molecule has 35 heavy (non-hydrogen) atoms. The van der Waals surface area contributed by atoms with Crippen molar-refractivity contribution in [1.29, 1.82) is 0 Å². The number of hydrogen-bond donors (Lipinski definition) is 1. The Morgan fingerprint density at radius 2 is 1.69 bits per heavy atom. The summed E-state index contributed by atoms with van der Waals surface area (Å²) < 4.78 is 38.7. The first-order valence-corrected chi connectivity index (χ1v) is 11.0. The molecule has 0 bridgehead atoms. The topological polar surface area (TPSA) is 71.1 Å². The maximum atomic E-state index is 14.0. The number of methoxy groups -OCH3 is 2. The van der Waals surface area contributed by atoms with E-state index in [1.807, 2.05) is 24.3 Å². The Kier molecular flexibility index (Phi) is 7.14. The van der Waals surface area contributed by atoms with Gasteiger partial charge in [-0.2, -0.15) is 0 Å². The highest BCUT2D eigenvalue weighted by atomic mass is 19.1. The van der Waals surface area contributed by atoms with Crippen molar-refractivity contribution in [1.82, 2.24) is 4.90 Å². The minimum absolute atomic E-state index is 0.214. The van der Waals surface area contributed by atoms with E-state index in [0.29, 0.717) is 31.1 Å². The number of carbonyl (C=O) groups is 2. The van der Waals surface area contributed by atoms with E-state index < -0.39 is 23.1 Å². The summed E-state index contributed by atoms with van der Waals surface area (Å²) in [6, 6.07) is 15.2. The molecule has 182 valence electrons. The number of anilines is 2. The third-order valence-electron chi connectivity index (χ3n) is 5.76. The monoisotopic (exact) mass is 481 g/mol. The van der Waals surface area contributed by atoms with Crippen molar-refractivity contribution in [3.8, 4) is 11.5 Å². The molecule has 1 N–H and O–H groups in total. The minimum atomic E-state index is -0.961. The van der Waals surface area contributed by atoms with Gasteiger partial charge in [-0.15, -0.1) is 0 Å². The number of urea groups is 1. The predicted molar refractivity (Wildman–Crippen MR) is 128 cm³/mol. The predicted octanol–water partition coefficient (Wildman–Crippen LogP) is 5.07. The van der Waals surface area contributed by atoms with E-state index >= 15 is 0 Å². The molecule has 0 aromatic heterocycles. The number of nitrogens with zero attached hydrogens (tertiary/aromatic N) is 2. The zero-order valence-electron chi connectivity index (χ0n) is 19.4. The molecule has 3 aromatic rings. The first-order valence-electron chi connectivity index (χ1n) is 11.0. The highest BCUT2D eigenvalue weighted by Gasteiger charge is 2.29. The Balaban J connectivity index is 1.56. The molecular formula is C26H25F2N3O4. The molecule has 1 heterocycles. The van der Waals surface area contributed by atoms with Crippen molar-refractivity contribution in [2.75, 3.05) is 37.5 Å². The first kappa shape index (κ1) is 24.0. The van der Waals surface area contributed by atoms with Gasteiger partial charge in [0.15, 0.2) is 0 Å². The molecule has 0 atom stereocenters. The number of ether oxygens (including phenoxy) is 2. The summed E-state index contributed by atoms with van der Waals surface area (Å²) in [5.41, 5.74) is 1.00. The minimum Gasteiger partial charge on any atom is -0.497 e. The Morgan fingerprint density at radius 3 is 2.34 bits per heavy atom. The molecule has 0 saturated carbocycles. The SMILES string of the molecule is COc1ccc(CN2CCCN(c3cc(NC(=O)c4c(F)cccc4F)ccc3OC)C2=O)cc1. The molecular weight excluding hydrogens is 456 g/mol. The van der Waals surface area contributed by atoms with Crippen molar-refractivity contribution in [2.45, 2.75) is 13.0 Å². The summed E-state index contributed by atoms with van der Waals surface area (Å²) in [6.45, 7) is 1.46. The van der Waals surface area contributed by atoms with E-state index in [4.69, 9.17) is 9.47 Å². The van der Waals surface area contributed by atoms with Gasteiger partial charge in [0, 0.05) is 25.3 Å². The third kappa shape index (κ3) is 5.18. The largest absolute Gasteiger partial charge is 0.497 e. The molecule has 1 saturated heterocycles. The fourth-order valence-corrected chi connectivity index (χ4v) is 3.99. The van der Waals surface area contributed by atoms with Crippen molar-refractivity contribution in [3.63, 3.8) is 0 Å². The van der Waals surface area contributed by atoms with Gasteiger partial charge in [0.25, 0.3) is 5.91 Å². The second-order valence-corrected chi connectivity index (χ2v) is 7.99. The van der Waals surface area contributed by atoms with E-state index in [0.717, 1.165) is 29.9 Å². The molecule has 0 spiro atoms. The van der Waals surface area contributed by atoms with Crippen molar-refractivity contribution in [2.24, 2.45) is 0 Å². The van der Waals surface area contributed by atoms with Gasteiger partial charge in [0.05, 0.1) is 19.9 Å². The van der Waals surface area contributed by atoms with Crippen molar-refractivity contribution >= 4 is 23.3 Å². The van der Waals surface area contributed by atoms with Crippen LogP contribution in [0.5, 0.6) is 11.5 Å². The van der Waals surface area contributed by atoms with Gasteiger partial charge < -0.3 is 19.7 Å². The summed E-state index contributed by atoms with van der Waals surface area (Å²) in [6.07, 6.45) is 0.724. The lowest BCUT2D eigenvalue weighted by atomic mass is 10.1. The highest BCUT2D eigenvalue weighted by Crippen LogP contribution is 2.34.